The van der Waals surface area contributed by atoms with E-state index < -0.39 is 49.5 Å². The molecule has 1 rings (SSSR count). The van der Waals surface area contributed by atoms with Crippen molar-refractivity contribution in [2.45, 2.75) is 269 Å². The summed E-state index contributed by atoms with van der Waals surface area (Å²) in [7, 11) is 0. The van der Waals surface area contributed by atoms with Crippen molar-refractivity contribution in [2.24, 2.45) is 0 Å². The molecule has 1 heterocycles. The first-order chi connectivity index (χ1) is 26.3. The van der Waals surface area contributed by atoms with Gasteiger partial charge in [0.2, 0.25) is 5.91 Å². The molecule has 322 valence electrons. The van der Waals surface area contributed by atoms with Crippen molar-refractivity contribution >= 4 is 5.91 Å². The Bertz CT molecular complexity index is 817. The molecule has 0 aliphatic carbocycles. The SMILES string of the molecule is CCCCCCCCCCCCCCCCCCCCCCCC(=O)NC(COC1OC(CO)C(O)C(O)C1O)C(O)CCCCCCCCCCCC. The maximum absolute atomic E-state index is 12.9. The van der Waals surface area contributed by atoms with Gasteiger partial charge >= 0.3 is 0 Å². The monoisotopic (exact) mass is 772 g/mol. The predicted molar refractivity (Wildman–Crippen MR) is 221 cm³/mol. The number of nitrogens with one attached hydrogen (secondary N) is 1. The van der Waals surface area contributed by atoms with E-state index >= 15 is 0 Å². The summed E-state index contributed by atoms with van der Waals surface area (Å²) in [6.45, 7) is 3.83. The van der Waals surface area contributed by atoms with E-state index in [-0.39, 0.29) is 12.5 Å². The lowest BCUT2D eigenvalue weighted by molar-refractivity contribution is -0.302. The van der Waals surface area contributed by atoms with Crippen molar-refractivity contribution in [3.05, 3.63) is 0 Å². The molecule has 0 aromatic carbocycles. The normalized spacial score (nSPS) is 21.4. The van der Waals surface area contributed by atoms with Crippen LogP contribution in [-0.2, 0) is 14.3 Å². The Labute approximate surface area is 332 Å². The summed E-state index contributed by atoms with van der Waals surface area (Å²) in [5.41, 5.74) is 0. The molecule has 1 saturated heterocycles. The van der Waals surface area contributed by atoms with Crippen molar-refractivity contribution in [3.8, 4) is 0 Å². The number of carbonyl (C=O) groups excluding carboxylic acids is 1. The smallest absolute Gasteiger partial charge is 0.220 e. The Hall–Kier alpha value is -0.810. The molecule has 54 heavy (non-hydrogen) atoms. The lowest BCUT2D eigenvalue weighted by Gasteiger charge is -2.40. The first kappa shape index (κ1) is 51.2. The van der Waals surface area contributed by atoms with E-state index in [0.717, 1.165) is 38.5 Å². The van der Waals surface area contributed by atoms with Gasteiger partial charge in [0.15, 0.2) is 6.29 Å². The second-order valence-electron chi connectivity index (χ2n) is 16.6. The zero-order valence-corrected chi connectivity index (χ0v) is 35.3. The van der Waals surface area contributed by atoms with Crippen LogP contribution in [0.25, 0.3) is 0 Å². The molecule has 1 amide bonds. The molecule has 0 saturated carbocycles. The second-order valence-corrected chi connectivity index (χ2v) is 16.6. The van der Waals surface area contributed by atoms with Gasteiger partial charge < -0.3 is 40.3 Å². The second kappa shape index (κ2) is 36.5. The zero-order chi connectivity index (χ0) is 39.5. The first-order valence-corrected chi connectivity index (χ1v) is 23.2. The van der Waals surface area contributed by atoms with Gasteiger partial charge in [0.05, 0.1) is 25.4 Å². The fraction of sp³-hybridized carbons (Fsp3) is 0.978. The molecule has 0 spiro atoms. The van der Waals surface area contributed by atoms with Gasteiger partial charge in [0.25, 0.3) is 0 Å². The standard InChI is InChI=1S/C45H89NO8/c1-3-5-7-9-11-13-15-16-17-18-19-20-21-22-23-24-25-27-29-31-33-35-41(49)46-38(37-53-45-44(52)43(51)42(50)40(36-47)54-45)39(48)34-32-30-28-26-14-12-10-8-6-4-2/h38-40,42-45,47-48,50-52H,3-37H2,1-2H3,(H,46,49). The van der Waals surface area contributed by atoms with Gasteiger partial charge in [-0.3, -0.25) is 4.79 Å². The maximum atomic E-state index is 12.9. The number of hydrogen-bond acceptors (Lipinski definition) is 8. The third-order valence-corrected chi connectivity index (χ3v) is 11.5. The molecule has 7 unspecified atom stereocenters. The van der Waals surface area contributed by atoms with E-state index in [1.807, 2.05) is 0 Å². The minimum atomic E-state index is -1.55. The molecule has 9 nitrogen and oxygen atoms in total. The highest BCUT2D eigenvalue weighted by Gasteiger charge is 2.44. The highest BCUT2D eigenvalue weighted by Crippen LogP contribution is 2.23. The van der Waals surface area contributed by atoms with Crippen LogP contribution in [0.2, 0.25) is 0 Å². The van der Waals surface area contributed by atoms with Gasteiger partial charge in [0, 0.05) is 6.42 Å². The van der Waals surface area contributed by atoms with Crippen LogP contribution in [0.4, 0.5) is 0 Å². The Balaban J connectivity index is 2.24. The van der Waals surface area contributed by atoms with Crippen LogP contribution in [0.15, 0.2) is 0 Å². The van der Waals surface area contributed by atoms with Gasteiger partial charge in [-0.2, -0.15) is 0 Å². The van der Waals surface area contributed by atoms with Crippen LogP contribution in [0, 0.1) is 0 Å². The molecule has 1 aliphatic rings. The number of aliphatic hydroxyl groups excluding tert-OH is 5. The van der Waals surface area contributed by atoms with Crippen LogP contribution < -0.4 is 5.32 Å². The van der Waals surface area contributed by atoms with Crippen molar-refractivity contribution in [2.75, 3.05) is 13.2 Å². The van der Waals surface area contributed by atoms with Crippen molar-refractivity contribution in [1.29, 1.82) is 0 Å². The van der Waals surface area contributed by atoms with E-state index in [4.69, 9.17) is 9.47 Å². The summed E-state index contributed by atoms with van der Waals surface area (Å²) in [5, 5.41) is 54.2. The van der Waals surface area contributed by atoms with E-state index in [9.17, 15) is 30.3 Å². The Kier molecular flexibility index (Phi) is 34.6. The minimum Gasteiger partial charge on any atom is -0.394 e. The highest BCUT2D eigenvalue weighted by atomic mass is 16.7. The van der Waals surface area contributed by atoms with Crippen molar-refractivity contribution < 1.29 is 39.8 Å². The highest BCUT2D eigenvalue weighted by molar-refractivity contribution is 5.76. The van der Waals surface area contributed by atoms with Gasteiger partial charge in [-0.1, -0.05) is 206 Å². The third-order valence-electron chi connectivity index (χ3n) is 11.5. The Morgan fingerprint density at radius 3 is 1.31 bits per heavy atom. The summed E-state index contributed by atoms with van der Waals surface area (Å²) in [4.78, 5) is 12.9. The van der Waals surface area contributed by atoms with Crippen LogP contribution in [0.1, 0.15) is 226 Å². The largest absolute Gasteiger partial charge is 0.394 e. The van der Waals surface area contributed by atoms with Gasteiger partial charge in [-0.15, -0.1) is 0 Å². The molecule has 1 fully saturated rings. The molecular formula is C45H89NO8. The number of carbonyl (C=O) groups is 1. The molecule has 0 bridgehead atoms. The average molecular weight is 772 g/mol. The van der Waals surface area contributed by atoms with Crippen LogP contribution in [0.3, 0.4) is 0 Å². The van der Waals surface area contributed by atoms with Crippen LogP contribution in [-0.4, -0.2) is 87.5 Å². The summed E-state index contributed by atoms with van der Waals surface area (Å²) in [6, 6.07) is -0.710. The third kappa shape index (κ3) is 26.9. The number of ether oxygens (including phenoxy) is 2. The van der Waals surface area contributed by atoms with Crippen LogP contribution >= 0.6 is 0 Å². The molecule has 1 aliphatic heterocycles. The molecule has 0 aromatic heterocycles. The molecule has 6 N–H and O–H groups in total. The van der Waals surface area contributed by atoms with Crippen molar-refractivity contribution in [3.63, 3.8) is 0 Å². The lowest BCUT2D eigenvalue weighted by Crippen LogP contribution is -2.60. The summed E-state index contributed by atoms with van der Waals surface area (Å²) >= 11 is 0. The average Bonchev–Trinajstić information content (AvgIpc) is 3.17. The number of unbranched alkanes of at least 4 members (excludes halogenated alkanes) is 29. The molecule has 0 radical (unpaired) electrons. The van der Waals surface area contributed by atoms with Crippen LogP contribution in [0.5, 0.6) is 0 Å². The minimum absolute atomic E-state index is 0.132. The topological polar surface area (TPSA) is 149 Å². The van der Waals surface area contributed by atoms with Crippen molar-refractivity contribution in [1.82, 2.24) is 5.32 Å². The number of rotatable bonds is 39. The summed E-state index contributed by atoms with van der Waals surface area (Å²) in [6.07, 6.45) is 32.6. The quantitative estimate of drug-likeness (QED) is 0.0339. The summed E-state index contributed by atoms with van der Waals surface area (Å²) < 4.78 is 11.2. The van der Waals surface area contributed by atoms with E-state index in [2.05, 4.69) is 19.2 Å². The molecule has 7 atom stereocenters. The Morgan fingerprint density at radius 2 is 0.926 bits per heavy atom. The van der Waals surface area contributed by atoms with E-state index in [1.54, 1.807) is 0 Å². The fourth-order valence-electron chi connectivity index (χ4n) is 7.69. The number of amides is 1. The number of hydrogen-bond donors (Lipinski definition) is 6. The lowest BCUT2D eigenvalue weighted by atomic mass is 9.99. The number of aliphatic hydroxyl groups is 5. The zero-order valence-electron chi connectivity index (χ0n) is 35.3. The van der Waals surface area contributed by atoms with Gasteiger partial charge in [-0.05, 0) is 12.8 Å². The molecule has 9 heteroatoms. The predicted octanol–water partition coefficient (Wildman–Crippen LogP) is 9.56. The molecule has 0 aromatic rings. The van der Waals surface area contributed by atoms with Gasteiger partial charge in [0.1, 0.15) is 24.4 Å². The van der Waals surface area contributed by atoms with Gasteiger partial charge in [-0.25, -0.2) is 0 Å². The fourth-order valence-corrected chi connectivity index (χ4v) is 7.69. The first-order valence-electron chi connectivity index (χ1n) is 23.2. The maximum Gasteiger partial charge on any atom is 0.220 e. The summed E-state index contributed by atoms with van der Waals surface area (Å²) in [5.74, 6) is -0.141. The Morgan fingerprint density at radius 1 is 0.556 bits per heavy atom. The van der Waals surface area contributed by atoms with E-state index in [0.29, 0.717) is 12.8 Å². The molecular weight excluding hydrogens is 682 g/mol. The van der Waals surface area contributed by atoms with E-state index in [1.165, 1.54) is 161 Å².